The van der Waals surface area contributed by atoms with Crippen molar-refractivity contribution in [1.29, 1.82) is 0 Å². The van der Waals surface area contributed by atoms with Crippen LogP contribution in [0.5, 0.6) is 0 Å². The van der Waals surface area contributed by atoms with Crippen LogP contribution in [0.1, 0.15) is 40.0 Å². The minimum Gasteiger partial charge on any atom is -0.481 e. The average Bonchev–Trinajstić information content (AvgIpc) is 2.77. The van der Waals surface area contributed by atoms with Crippen LogP contribution in [0, 0.1) is 11.8 Å². The van der Waals surface area contributed by atoms with Crippen LogP contribution in [0.4, 0.5) is 0 Å². The van der Waals surface area contributed by atoms with Crippen molar-refractivity contribution in [3.63, 3.8) is 0 Å². The average molecular weight is 256 g/mol. The maximum Gasteiger partial charge on any atom is 0.308 e. The fourth-order valence-electron chi connectivity index (χ4n) is 2.44. The summed E-state index contributed by atoms with van der Waals surface area (Å²) in [5, 5.41) is 15.1. The summed E-state index contributed by atoms with van der Waals surface area (Å²) in [4.78, 5) is 23.2. The molecule has 1 amide bonds. The van der Waals surface area contributed by atoms with Crippen molar-refractivity contribution in [3.8, 4) is 0 Å². The van der Waals surface area contributed by atoms with Gasteiger partial charge in [-0.25, -0.2) is 0 Å². The molecule has 1 heterocycles. The van der Waals surface area contributed by atoms with Gasteiger partial charge < -0.3 is 15.7 Å². The Morgan fingerprint density at radius 1 is 1.44 bits per heavy atom. The van der Waals surface area contributed by atoms with Crippen LogP contribution in [0.15, 0.2) is 0 Å². The molecule has 104 valence electrons. The van der Waals surface area contributed by atoms with Crippen LogP contribution in [0.2, 0.25) is 0 Å². The molecular formula is C13H24N2O3. The Morgan fingerprint density at radius 2 is 2.11 bits per heavy atom. The first-order chi connectivity index (χ1) is 8.43. The molecule has 0 aromatic carbocycles. The van der Waals surface area contributed by atoms with Crippen LogP contribution in [-0.2, 0) is 9.59 Å². The fraction of sp³-hybridized carbons (Fsp3) is 0.846. The van der Waals surface area contributed by atoms with Gasteiger partial charge in [-0.15, -0.1) is 0 Å². The van der Waals surface area contributed by atoms with E-state index in [4.69, 9.17) is 5.11 Å². The van der Waals surface area contributed by atoms with Gasteiger partial charge in [0, 0.05) is 6.54 Å². The zero-order chi connectivity index (χ0) is 13.8. The molecule has 5 nitrogen and oxygen atoms in total. The lowest BCUT2D eigenvalue weighted by Gasteiger charge is -2.28. The molecule has 0 aromatic heterocycles. The number of carbonyl (C=O) groups is 2. The maximum absolute atomic E-state index is 12.2. The third kappa shape index (κ3) is 3.22. The van der Waals surface area contributed by atoms with Gasteiger partial charge in [0.05, 0.1) is 11.5 Å². The molecule has 0 saturated carbocycles. The third-order valence-corrected chi connectivity index (χ3v) is 3.89. The molecule has 1 saturated heterocycles. The van der Waals surface area contributed by atoms with Gasteiger partial charge in [-0.2, -0.15) is 0 Å². The van der Waals surface area contributed by atoms with Gasteiger partial charge in [0.2, 0.25) is 5.91 Å². The van der Waals surface area contributed by atoms with Gasteiger partial charge in [0.1, 0.15) is 0 Å². The van der Waals surface area contributed by atoms with Crippen molar-refractivity contribution in [1.82, 2.24) is 10.6 Å². The van der Waals surface area contributed by atoms with E-state index in [1.807, 2.05) is 20.8 Å². The van der Waals surface area contributed by atoms with Gasteiger partial charge in [0.25, 0.3) is 0 Å². The van der Waals surface area contributed by atoms with Crippen LogP contribution in [0.25, 0.3) is 0 Å². The van der Waals surface area contributed by atoms with Crippen molar-refractivity contribution in [2.75, 3.05) is 13.1 Å². The van der Waals surface area contributed by atoms with Gasteiger partial charge in [-0.1, -0.05) is 20.8 Å². The molecule has 1 aliphatic rings. The summed E-state index contributed by atoms with van der Waals surface area (Å²) >= 11 is 0. The van der Waals surface area contributed by atoms with Crippen molar-refractivity contribution >= 4 is 11.9 Å². The van der Waals surface area contributed by atoms with E-state index < -0.39 is 17.4 Å². The second-order valence-corrected chi connectivity index (χ2v) is 5.36. The van der Waals surface area contributed by atoms with E-state index in [1.165, 1.54) is 0 Å². The Labute approximate surface area is 108 Å². The Balaban J connectivity index is 2.56. The van der Waals surface area contributed by atoms with E-state index in [9.17, 15) is 9.59 Å². The molecule has 3 N–H and O–H groups in total. The van der Waals surface area contributed by atoms with Gasteiger partial charge in [0.15, 0.2) is 0 Å². The predicted molar refractivity (Wildman–Crippen MR) is 69.2 cm³/mol. The highest BCUT2D eigenvalue weighted by Gasteiger charge is 2.39. The van der Waals surface area contributed by atoms with E-state index in [0.717, 1.165) is 25.8 Å². The molecule has 2 atom stereocenters. The second kappa shape index (κ2) is 6.18. The highest BCUT2D eigenvalue weighted by Crippen LogP contribution is 2.23. The number of amides is 1. The number of nitrogens with one attached hydrogen (secondary N) is 2. The highest BCUT2D eigenvalue weighted by molar-refractivity contribution is 5.87. The lowest BCUT2D eigenvalue weighted by molar-refractivity contribution is -0.143. The molecule has 1 fully saturated rings. The molecule has 0 spiro atoms. The number of aliphatic carboxylic acids is 1. The fourth-order valence-corrected chi connectivity index (χ4v) is 2.44. The van der Waals surface area contributed by atoms with Gasteiger partial charge >= 0.3 is 5.97 Å². The topological polar surface area (TPSA) is 78.4 Å². The van der Waals surface area contributed by atoms with E-state index in [-0.39, 0.29) is 18.4 Å². The molecule has 18 heavy (non-hydrogen) atoms. The molecule has 1 aliphatic heterocycles. The van der Waals surface area contributed by atoms with E-state index >= 15 is 0 Å². The van der Waals surface area contributed by atoms with Crippen molar-refractivity contribution in [2.45, 2.75) is 45.6 Å². The minimum atomic E-state index is -0.852. The van der Waals surface area contributed by atoms with E-state index in [0.29, 0.717) is 0 Å². The largest absolute Gasteiger partial charge is 0.481 e. The van der Waals surface area contributed by atoms with Crippen molar-refractivity contribution in [3.05, 3.63) is 0 Å². The van der Waals surface area contributed by atoms with Crippen LogP contribution in [-0.4, -0.2) is 35.6 Å². The molecule has 0 radical (unpaired) electrons. The molecular weight excluding hydrogens is 232 g/mol. The molecule has 5 heteroatoms. The van der Waals surface area contributed by atoms with E-state index in [2.05, 4.69) is 10.6 Å². The normalized spacial score (nSPS) is 25.1. The van der Waals surface area contributed by atoms with Gasteiger partial charge in [-0.3, -0.25) is 9.59 Å². The zero-order valence-corrected chi connectivity index (χ0v) is 11.5. The van der Waals surface area contributed by atoms with Crippen LogP contribution < -0.4 is 10.6 Å². The lowest BCUT2D eigenvalue weighted by atomic mass is 9.91. The highest BCUT2D eigenvalue weighted by atomic mass is 16.4. The number of rotatable bonds is 6. The molecule has 0 aliphatic carbocycles. The van der Waals surface area contributed by atoms with Crippen molar-refractivity contribution < 1.29 is 14.7 Å². The molecule has 1 rings (SSSR count). The number of hydrogen-bond donors (Lipinski definition) is 3. The molecule has 0 bridgehead atoms. The Hall–Kier alpha value is -1.10. The molecule has 0 aromatic rings. The monoisotopic (exact) mass is 256 g/mol. The number of carbonyl (C=O) groups excluding carboxylic acids is 1. The Morgan fingerprint density at radius 3 is 2.50 bits per heavy atom. The summed E-state index contributed by atoms with van der Waals surface area (Å²) in [7, 11) is 0. The number of carboxylic acids is 1. The predicted octanol–water partition coefficient (Wildman–Crippen LogP) is 0.992. The first kappa shape index (κ1) is 15.0. The lowest BCUT2D eigenvalue weighted by Crippen LogP contribution is -2.54. The third-order valence-electron chi connectivity index (χ3n) is 3.89. The van der Waals surface area contributed by atoms with Crippen molar-refractivity contribution in [2.24, 2.45) is 11.8 Å². The summed E-state index contributed by atoms with van der Waals surface area (Å²) in [6, 6.07) is 0. The standard InChI is InChI=1S/C13H24N2O3/c1-4-13(6-5-7-15-13)12(18)14-8-10(9(2)3)11(16)17/h9-10,15H,4-8H2,1-3H3,(H,14,18)(H,16,17). The minimum absolute atomic E-state index is 0.0110. The molecule has 2 unspecified atom stereocenters. The van der Waals surface area contributed by atoms with Crippen LogP contribution >= 0.6 is 0 Å². The Kier molecular flexibility index (Phi) is 5.14. The quantitative estimate of drug-likeness (QED) is 0.662. The van der Waals surface area contributed by atoms with Crippen LogP contribution in [0.3, 0.4) is 0 Å². The second-order valence-electron chi connectivity index (χ2n) is 5.36. The van der Waals surface area contributed by atoms with E-state index in [1.54, 1.807) is 0 Å². The summed E-state index contributed by atoms with van der Waals surface area (Å²) in [5.74, 6) is -1.43. The first-order valence-electron chi connectivity index (χ1n) is 6.69. The smallest absolute Gasteiger partial charge is 0.308 e. The summed E-state index contributed by atoms with van der Waals surface area (Å²) in [5.41, 5.74) is -0.486. The summed E-state index contributed by atoms with van der Waals surface area (Å²) in [6.07, 6.45) is 2.56. The summed E-state index contributed by atoms with van der Waals surface area (Å²) < 4.78 is 0. The number of carboxylic acid groups (broad SMARTS) is 1. The zero-order valence-electron chi connectivity index (χ0n) is 11.5. The summed E-state index contributed by atoms with van der Waals surface area (Å²) in [6.45, 7) is 6.75. The number of hydrogen-bond acceptors (Lipinski definition) is 3. The first-order valence-corrected chi connectivity index (χ1v) is 6.69. The Bertz CT molecular complexity index is 309. The van der Waals surface area contributed by atoms with Gasteiger partial charge in [-0.05, 0) is 31.7 Å². The maximum atomic E-state index is 12.2. The SMILES string of the molecule is CCC1(C(=O)NCC(C(=O)O)C(C)C)CCCN1.